The Morgan fingerprint density at radius 2 is 2.50 bits per heavy atom. The van der Waals surface area contributed by atoms with E-state index in [0.717, 1.165) is 25.2 Å². The summed E-state index contributed by atoms with van der Waals surface area (Å²) in [5, 5.41) is 0. The molecule has 0 bridgehead atoms. The van der Waals surface area contributed by atoms with Gasteiger partial charge in [0.25, 0.3) is 0 Å². The van der Waals surface area contributed by atoms with Crippen LogP contribution >= 0.6 is 0 Å². The summed E-state index contributed by atoms with van der Waals surface area (Å²) in [6, 6.07) is 1.84. The predicted octanol–water partition coefficient (Wildman–Crippen LogP) is 1.82. The molecule has 1 aliphatic rings. The van der Waals surface area contributed by atoms with Crippen LogP contribution < -0.4 is 0 Å². The minimum atomic E-state index is 0.280. The first-order valence-electron chi connectivity index (χ1n) is 4.95. The maximum absolute atomic E-state index is 11.6. The number of rotatable bonds is 4. The molecule has 1 fully saturated rings. The second kappa shape index (κ2) is 4.42. The third-order valence-electron chi connectivity index (χ3n) is 2.52. The first-order chi connectivity index (χ1) is 6.84. The Balaban J connectivity index is 1.78. The Morgan fingerprint density at radius 3 is 3.14 bits per heavy atom. The Hall–Kier alpha value is -1.09. The van der Waals surface area contributed by atoms with E-state index < -0.39 is 0 Å². The van der Waals surface area contributed by atoms with Crippen molar-refractivity contribution in [2.24, 2.45) is 5.92 Å². The van der Waals surface area contributed by atoms with Gasteiger partial charge in [-0.3, -0.25) is 4.79 Å². The normalized spacial score (nSPS) is 21.3. The summed E-state index contributed by atoms with van der Waals surface area (Å²) in [6.07, 6.45) is 5.39. The Morgan fingerprint density at radius 1 is 1.57 bits per heavy atom. The molecule has 2 heterocycles. The standard InChI is InChI=1S/C11H14O3/c12-11(5-9-1-3-13-7-9)6-10-2-4-14-8-10/h1,3,7,10H,2,4-6,8H2. The lowest BCUT2D eigenvalue weighted by atomic mass is 9.99. The molecule has 1 aromatic heterocycles. The van der Waals surface area contributed by atoms with Gasteiger partial charge in [0.15, 0.2) is 0 Å². The molecular formula is C11H14O3. The molecule has 0 saturated carbocycles. The third-order valence-corrected chi connectivity index (χ3v) is 2.52. The quantitative estimate of drug-likeness (QED) is 0.733. The molecule has 1 unspecified atom stereocenters. The van der Waals surface area contributed by atoms with E-state index in [-0.39, 0.29) is 5.78 Å². The second-order valence-electron chi connectivity index (χ2n) is 3.78. The molecule has 14 heavy (non-hydrogen) atoms. The maximum Gasteiger partial charge on any atom is 0.137 e. The first-order valence-corrected chi connectivity index (χ1v) is 4.95. The third kappa shape index (κ3) is 2.45. The molecule has 0 N–H and O–H groups in total. The lowest BCUT2D eigenvalue weighted by Crippen LogP contribution is -2.10. The Bertz CT molecular complexity index is 283. The van der Waals surface area contributed by atoms with Crippen LogP contribution in [0.1, 0.15) is 18.4 Å². The van der Waals surface area contributed by atoms with Crippen molar-refractivity contribution >= 4 is 5.78 Å². The summed E-state index contributed by atoms with van der Waals surface area (Å²) in [4.78, 5) is 11.6. The van der Waals surface area contributed by atoms with Gasteiger partial charge >= 0.3 is 0 Å². The van der Waals surface area contributed by atoms with Crippen LogP contribution in [0.15, 0.2) is 23.0 Å². The van der Waals surface area contributed by atoms with Gasteiger partial charge < -0.3 is 9.15 Å². The van der Waals surface area contributed by atoms with Gasteiger partial charge in [-0.1, -0.05) is 0 Å². The van der Waals surface area contributed by atoms with E-state index in [4.69, 9.17) is 9.15 Å². The van der Waals surface area contributed by atoms with E-state index in [1.807, 2.05) is 6.07 Å². The Kier molecular flexibility index (Phi) is 2.99. The number of ketones is 1. The number of carbonyl (C=O) groups is 1. The molecule has 1 aromatic rings. The summed E-state index contributed by atoms with van der Waals surface area (Å²) >= 11 is 0. The van der Waals surface area contributed by atoms with Gasteiger partial charge in [-0.15, -0.1) is 0 Å². The minimum absolute atomic E-state index is 0.280. The van der Waals surface area contributed by atoms with Crippen LogP contribution in [0.5, 0.6) is 0 Å². The van der Waals surface area contributed by atoms with Gasteiger partial charge in [0.1, 0.15) is 5.78 Å². The Labute approximate surface area is 83.0 Å². The molecule has 1 saturated heterocycles. The molecule has 3 heteroatoms. The SMILES string of the molecule is O=C(Cc1ccoc1)CC1CCOC1. The smallest absolute Gasteiger partial charge is 0.137 e. The zero-order valence-electron chi connectivity index (χ0n) is 8.07. The van der Waals surface area contributed by atoms with Gasteiger partial charge in [-0.05, 0) is 24.0 Å². The fourth-order valence-electron chi connectivity index (χ4n) is 1.76. The van der Waals surface area contributed by atoms with Crippen LogP contribution in [0.4, 0.5) is 0 Å². The van der Waals surface area contributed by atoms with Crippen LogP contribution in [0.2, 0.25) is 0 Å². The van der Waals surface area contributed by atoms with E-state index in [2.05, 4.69) is 0 Å². The van der Waals surface area contributed by atoms with Crippen molar-refractivity contribution < 1.29 is 13.9 Å². The van der Waals surface area contributed by atoms with E-state index >= 15 is 0 Å². The summed E-state index contributed by atoms with van der Waals surface area (Å²) in [6.45, 7) is 1.56. The summed E-state index contributed by atoms with van der Waals surface area (Å²) in [7, 11) is 0. The number of carbonyl (C=O) groups excluding carboxylic acids is 1. The highest BCUT2D eigenvalue weighted by Crippen LogP contribution is 2.17. The molecule has 0 aliphatic carbocycles. The van der Waals surface area contributed by atoms with E-state index in [0.29, 0.717) is 18.8 Å². The highest BCUT2D eigenvalue weighted by atomic mass is 16.5. The molecule has 0 amide bonds. The van der Waals surface area contributed by atoms with Gasteiger partial charge in [0.05, 0.1) is 12.5 Å². The van der Waals surface area contributed by atoms with Gasteiger partial charge in [-0.2, -0.15) is 0 Å². The van der Waals surface area contributed by atoms with Crippen LogP contribution in [-0.2, 0) is 16.0 Å². The van der Waals surface area contributed by atoms with Crippen molar-refractivity contribution in [3.63, 3.8) is 0 Å². The van der Waals surface area contributed by atoms with Crippen LogP contribution in [-0.4, -0.2) is 19.0 Å². The second-order valence-corrected chi connectivity index (χ2v) is 3.78. The molecular weight excluding hydrogens is 180 g/mol. The number of hydrogen-bond donors (Lipinski definition) is 0. The molecule has 1 atom stereocenters. The van der Waals surface area contributed by atoms with Crippen LogP contribution in [0, 0.1) is 5.92 Å². The largest absolute Gasteiger partial charge is 0.472 e. The number of furan rings is 1. The molecule has 3 nitrogen and oxygen atoms in total. The lowest BCUT2D eigenvalue weighted by Gasteiger charge is -2.04. The molecule has 1 aliphatic heterocycles. The topological polar surface area (TPSA) is 39.4 Å². The first kappa shape index (κ1) is 9.46. The van der Waals surface area contributed by atoms with E-state index in [1.54, 1.807) is 12.5 Å². The van der Waals surface area contributed by atoms with Crippen molar-refractivity contribution in [1.29, 1.82) is 0 Å². The number of hydrogen-bond acceptors (Lipinski definition) is 3. The van der Waals surface area contributed by atoms with Crippen molar-refractivity contribution in [1.82, 2.24) is 0 Å². The van der Waals surface area contributed by atoms with Crippen molar-refractivity contribution in [2.45, 2.75) is 19.3 Å². The van der Waals surface area contributed by atoms with E-state index in [9.17, 15) is 4.79 Å². The predicted molar refractivity (Wildman–Crippen MR) is 51.0 cm³/mol. The number of ether oxygens (including phenoxy) is 1. The summed E-state index contributed by atoms with van der Waals surface area (Å²) in [5.74, 6) is 0.719. The van der Waals surface area contributed by atoms with Crippen molar-refractivity contribution in [2.75, 3.05) is 13.2 Å². The van der Waals surface area contributed by atoms with Crippen LogP contribution in [0.25, 0.3) is 0 Å². The lowest BCUT2D eigenvalue weighted by molar-refractivity contribution is -0.119. The van der Waals surface area contributed by atoms with Crippen LogP contribution in [0.3, 0.4) is 0 Å². The fraction of sp³-hybridized carbons (Fsp3) is 0.545. The zero-order chi connectivity index (χ0) is 9.80. The molecule has 0 spiro atoms. The molecule has 2 rings (SSSR count). The minimum Gasteiger partial charge on any atom is -0.472 e. The zero-order valence-corrected chi connectivity index (χ0v) is 8.07. The highest BCUT2D eigenvalue weighted by Gasteiger charge is 2.19. The summed E-state index contributed by atoms with van der Waals surface area (Å²) < 4.78 is 10.1. The molecule has 0 radical (unpaired) electrons. The number of Topliss-reactive ketones (excluding diaryl/α,β-unsaturated/α-hetero) is 1. The van der Waals surface area contributed by atoms with Crippen molar-refractivity contribution in [3.05, 3.63) is 24.2 Å². The van der Waals surface area contributed by atoms with Crippen molar-refractivity contribution in [3.8, 4) is 0 Å². The summed E-state index contributed by atoms with van der Waals surface area (Å²) in [5.41, 5.74) is 0.967. The average molecular weight is 194 g/mol. The van der Waals surface area contributed by atoms with Gasteiger partial charge in [0.2, 0.25) is 0 Å². The maximum atomic E-state index is 11.6. The van der Waals surface area contributed by atoms with Gasteiger partial charge in [0, 0.05) is 26.1 Å². The molecule has 0 aromatic carbocycles. The fourth-order valence-corrected chi connectivity index (χ4v) is 1.76. The monoisotopic (exact) mass is 194 g/mol. The molecule has 76 valence electrons. The van der Waals surface area contributed by atoms with Gasteiger partial charge in [-0.25, -0.2) is 0 Å². The average Bonchev–Trinajstić information content (AvgIpc) is 2.76. The highest BCUT2D eigenvalue weighted by molar-refractivity contribution is 5.81. The van der Waals surface area contributed by atoms with E-state index in [1.165, 1.54) is 0 Å².